The summed E-state index contributed by atoms with van der Waals surface area (Å²) in [6.45, 7) is 2.07. The molecular weight excluding hydrogens is 288 g/mol. The highest BCUT2D eigenvalue weighted by molar-refractivity contribution is 6.31. The number of amides is 2. The molecule has 2 aliphatic rings. The Kier molecular flexibility index (Phi) is 4.08. The first-order valence-electron chi connectivity index (χ1n) is 7.21. The molecule has 0 radical (unpaired) electrons. The number of benzene rings is 1. The first-order valence-corrected chi connectivity index (χ1v) is 7.58. The van der Waals surface area contributed by atoms with Gasteiger partial charge in [0.05, 0.1) is 17.7 Å². The quantitative estimate of drug-likeness (QED) is 0.854. The van der Waals surface area contributed by atoms with Crippen molar-refractivity contribution in [1.29, 1.82) is 0 Å². The molecule has 1 aromatic rings. The van der Waals surface area contributed by atoms with Crippen LogP contribution in [0.25, 0.3) is 0 Å². The molecule has 0 unspecified atom stereocenters. The Morgan fingerprint density at radius 2 is 1.76 bits per heavy atom. The maximum atomic E-state index is 12.3. The van der Waals surface area contributed by atoms with Crippen LogP contribution in [0.5, 0.6) is 0 Å². The molecule has 1 N–H and O–H groups in total. The van der Waals surface area contributed by atoms with Crippen LogP contribution < -0.4 is 5.32 Å². The van der Waals surface area contributed by atoms with E-state index in [2.05, 4.69) is 5.32 Å². The Bertz CT molecular complexity index is 579. The number of nitrogens with zero attached hydrogens (tertiary/aromatic N) is 1. The van der Waals surface area contributed by atoms with Gasteiger partial charge in [-0.25, -0.2) is 0 Å². The predicted octanol–water partition coefficient (Wildman–Crippen LogP) is 2.55. The van der Waals surface area contributed by atoms with E-state index in [1.165, 1.54) is 4.90 Å². The predicted molar refractivity (Wildman–Crippen MR) is 81.4 cm³/mol. The van der Waals surface area contributed by atoms with E-state index in [4.69, 9.17) is 11.6 Å². The zero-order chi connectivity index (χ0) is 14.8. The SMILES string of the molecule is O=C1c2ccccc2C(=O)N1C/C(Cl)=C1/CCCNCC1. The van der Waals surface area contributed by atoms with Crippen molar-refractivity contribution in [3.8, 4) is 0 Å². The molecule has 0 atom stereocenters. The number of hydrogen-bond donors (Lipinski definition) is 1. The van der Waals surface area contributed by atoms with Gasteiger partial charge in [-0.15, -0.1) is 0 Å². The van der Waals surface area contributed by atoms with Gasteiger partial charge >= 0.3 is 0 Å². The summed E-state index contributed by atoms with van der Waals surface area (Å²) in [7, 11) is 0. The van der Waals surface area contributed by atoms with Gasteiger partial charge in [0, 0.05) is 5.03 Å². The lowest BCUT2D eigenvalue weighted by molar-refractivity contribution is 0.0670. The third-order valence-corrected chi connectivity index (χ3v) is 4.38. The van der Waals surface area contributed by atoms with E-state index in [9.17, 15) is 9.59 Å². The number of carbonyl (C=O) groups excluding carboxylic acids is 2. The van der Waals surface area contributed by atoms with Crippen molar-refractivity contribution in [2.75, 3.05) is 19.6 Å². The van der Waals surface area contributed by atoms with Crippen LogP contribution in [0.1, 0.15) is 40.0 Å². The highest BCUT2D eigenvalue weighted by Crippen LogP contribution is 2.26. The van der Waals surface area contributed by atoms with Crippen molar-refractivity contribution in [2.24, 2.45) is 0 Å². The van der Waals surface area contributed by atoms with Gasteiger partial charge in [-0.2, -0.15) is 0 Å². The van der Waals surface area contributed by atoms with Gasteiger partial charge in [-0.05, 0) is 44.5 Å². The van der Waals surface area contributed by atoms with Crippen molar-refractivity contribution in [2.45, 2.75) is 19.3 Å². The van der Waals surface area contributed by atoms with Crippen molar-refractivity contribution >= 4 is 23.4 Å². The first kappa shape index (κ1) is 14.3. The fourth-order valence-corrected chi connectivity index (χ4v) is 3.13. The van der Waals surface area contributed by atoms with Crippen LogP contribution in [-0.4, -0.2) is 36.3 Å². The summed E-state index contributed by atoms with van der Waals surface area (Å²) in [6, 6.07) is 6.91. The number of imide groups is 1. The molecule has 1 fully saturated rings. The van der Waals surface area contributed by atoms with Crippen LogP contribution in [0.15, 0.2) is 34.9 Å². The van der Waals surface area contributed by atoms with Crippen molar-refractivity contribution < 1.29 is 9.59 Å². The number of rotatable bonds is 2. The molecule has 4 nitrogen and oxygen atoms in total. The van der Waals surface area contributed by atoms with Gasteiger partial charge in [0.15, 0.2) is 0 Å². The van der Waals surface area contributed by atoms with Crippen LogP contribution in [0.3, 0.4) is 0 Å². The molecule has 21 heavy (non-hydrogen) atoms. The first-order chi connectivity index (χ1) is 10.2. The molecule has 2 amide bonds. The minimum absolute atomic E-state index is 0.184. The third-order valence-electron chi connectivity index (χ3n) is 3.99. The van der Waals surface area contributed by atoms with Crippen molar-refractivity contribution in [3.63, 3.8) is 0 Å². The van der Waals surface area contributed by atoms with Crippen molar-refractivity contribution in [1.82, 2.24) is 10.2 Å². The molecule has 3 rings (SSSR count). The number of carbonyl (C=O) groups is 2. The Morgan fingerprint density at radius 1 is 1.10 bits per heavy atom. The minimum atomic E-state index is -0.249. The highest BCUT2D eigenvalue weighted by Gasteiger charge is 2.35. The topological polar surface area (TPSA) is 49.4 Å². The second-order valence-electron chi connectivity index (χ2n) is 5.35. The second kappa shape index (κ2) is 6.00. The van der Waals surface area contributed by atoms with E-state index in [0.717, 1.165) is 37.9 Å². The molecule has 110 valence electrons. The van der Waals surface area contributed by atoms with Crippen molar-refractivity contribution in [3.05, 3.63) is 46.0 Å². The number of nitrogens with one attached hydrogen (secondary N) is 1. The van der Waals surface area contributed by atoms with Crippen LogP contribution in [0, 0.1) is 0 Å². The van der Waals surface area contributed by atoms with Crippen LogP contribution >= 0.6 is 11.6 Å². The van der Waals surface area contributed by atoms with E-state index >= 15 is 0 Å². The van der Waals surface area contributed by atoms with E-state index in [1.807, 2.05) is 0 Å². The molecule has 0 aromatic heterocycles. The normalized spacial score (nSPS) is 21.3. The van der Waals surface area contributed by atoms with E-state index in [-0.39, 0.29) is 18.4 Å². The average Bonchev–Trinajstić information content (AvgIpc) is 2.72. The van der Waals surface area contributed by atoms with Crippen LogP contribution in [-0.2, 0) is 0 Å². The molecule has 1 saturated heterocycles. The Labute approximate surface area is 128 Å². The van der Waals surface area contributed by atoms with E-state index in [0.29, 0.717) is 16.2 Å². The summed E-state index contributed by atoms with van der Waals surface area (Å²) in [6.07, 6.45) is 2.84. The molecular formula is C16H17ClN2O2. The Morgan fingerprint density at radius 3 is 2.43 bits per heavy atom. The van der Waals surface area contributed by atoms with Crippen LogP contribution in [0.2, 0.25) is 0 Å². The standard InChI is InChI=1S/C16H17ClN2O2/c17-14(11-4-3-8-18-9-7-11)10-19-15(20)12-5-1-2-6-13(12)16(19)21/h1-2,5-6,18H,3-4,7-10H2/b14-11+. The van der Waals surface area contributed by atoms with Gasteiger partial charge in [0.25, 0.3) is 11.8 Å². The number of halogens is 1. The third kappa shape index (κ3) is 2.74. The zero-order valence-electron chi connectivity index (χ0n) is 11.7. The number of hydrogen-bond acceptors (Lipinski definition) is 3. The zero-order valence-corrected chi connectivity index (χ0v) is 12.4. The molecule has 5 heteroatoms. The number of fused-ring (bicyclic) bond motifs is 1. The van der Waals surface area contributed by atoms with Gasteiger partial charge in [0.2, 0.25) is 0 Å². The fraction of sp³-hybridized carbons (Fsp3) is 0.375. The maximum absolute atomic E-state index is 12.3. The summed E-state index contributed by atoms with van der Waals surface area (Å²) < 4.78 is 0. The monoisotopic (exact) mass is 304 g/mol. The molecule has 0 bridgehead atoms. The molecule has 0 spiro atoms. The molecule has 1 aromatic carbocycles. The maximum Gasteiger partial charge on any atom is 0.261 e. The van der Waals surface area contributed by atoms with Gasteiger partial charge in [0.1, 0.15) is 0 Å². The summed E-state index contributed by atoms with van der Waals surface area (Å²) >= 11 is 6.39. The molecule has 2 heterocycles. The highest BCUT2D eigenvalue weighted by atomic mass is 35.5. The van der Waals surface area contributed by atoms with Gasteiger partial charge < -0.3 is 5.32 Å². The van der Waals surface area contributed by atoms with Gasteiger partial charge in [-0.3, -0.25) is 14.5 Å². The Balaban J connectivity index is 1.81. The minimum Gasteiger partial charge on any atom is -0.316 e. The fourth-order valence-electron chi connectivity index (χ4n) is 2.82. The van der Waals surface area contributed by atoms with Gasteiger partial charge in [-0.1, -0.05) is 29.3 Å². The average molecular weight is 305 g/mol. The lowest BCUT2D eigenvalue weighted by atomic mass is 10.1. The van der Waals surface area contributed by atoms with E-state index < -0.39 is 0 Å². The van der Waals surface area contributed by atoms with E-state index in [1.54, 1.807) is 24.3 Å². The summed E-state index contributed by atoms with van der Waals surface area (Å²) in [5.74, 6) is -0.498. The lowest BCUT2D eigenvalue weighted by Crippen LogP contribution is -2.31. The molecule has 0 saturated carbocycles. The Hall–Kier alpha value is -1.65. The molecule has 0 aliphatic carbocycles. The lowest BCUT2D eigenvalue weighted by Gasteiger charge is -2.15. The van der Waals surface area contributed by atoms with Crippen LogP contribution in [0.4, 0.5) is 0 Å². The smallest absolute Gasteiger partial charge is 0.261 e. The summed E-state index contributed by atoms with van der Waals surface area (Å²) in [5.41, 5.74) is 2.09. The molecule has 2 aliphatic heterocycles. The summed E-state index contributed by atoms with van der Waals surface area (Å²) in [4.78, 5) is 25.9. The largest absolute Gasteiger partial charge is 0.316 e. The second-order valence-corrected chi connectivity index (χ2v) is 5.81. The summed E-state index contributed by atoms with van der Waals surface area (Å²) in [5, 5.41) is 3.95.